The molecule has 2 N–H and O–H groups in total. The highest BCUT2D eigenvalue weighted by molar-refractivity contribution is 5.94. The summed E-state index contributed by atoms with van der Waals surface area (Å²) in [7, 11) is 3.55. The fourth-order valence-corrected chi connectivity index (χ4v) is 3.51. The van der Waals surface area contributed by atoms with E-state index in [9.17, 15) is 9.90 Å². The van der Waals surface area contributed by atoms with E-state index in [1.165, 1.54) is 10.7 Å². The van der Waals surface area contributed by atoms with Crippen LogP contribution in [0.2, 0.25) is 0 Å². The summed E-state index contributed by atoms with van der Waals surface area (Å²) in [5.41, 5.74) is 2.07. The molecular weight excluding hydrogens is 422 g/mol. The van der Waals surface area contributed by atoms with Gasteiger partial charge in [0.1, 0.15) is 28.7 Å². The number of aromatic carboxylic acids is 1. The molecular formula is C24H25N5O4. The number of benzene rings is 2. The van der Waals surface area contributed by atoms with Gasteiger partial charge in [0.25, 0.3) is 0 Å². The van der Waals surface area contributed by atoms with Crippen LogP contribution in [0.25, 0.3) is 5.65 Å². The molecule has 0 aliphatic carbocycles. The van der Waals surface area contributed by atoms with Crippen molar-refractivity contribution in [3.05, 3.63) is 71.9 Å². The lowest BCUT2D eigenvalue weighted by molar-refractivity contribution is 0.0698. The first-order valence-electron chi connectivity index (χ1n) is 10.4. The number of carboxylic acids is 1. The van der Waals surface area contributed by atoms with Gasteiger partial charge in [0, 0.05) is 19.7 Å². The molecule has 9 nitrogen and oxygen atoms in total. The normalized spacial score (nSPS) is 10.8. The minimum absolute atomic E-state index is 0.0239. The molecule has 2 aromatic heterocycles. The average molecular weight is 447 g/mol. The number of carbonyl (C=O) groups is 1. The van der Waals surface area contributed by atoms with E-state index < -0.39 is 5.97 Å². The van der Waals surface area contributed by atoms with Crippen molar-refractivity contribution in [1.82, 2.24) is 14.6 Å². The SMILES string of the molecule is CCOc1ccccc1Nc1cc(N(C)Cc2ccc(OC)cc2)n2ncc(C(=O)O)c2n1. The van der Waals surface area contributed by atoms with Crippen LogP contribution < -0.4 is 19.7 Å². The summed E-state index contributed by atoms with van der Waals surface area (Å²) in [6.45, 7) is 3.01. The van der Waals surface area contributed by atoms with Crippen molar-refractivity contribution in [2.45, 2.75) is 13.5 Å². The van der Waals surface area contributed by atoms with Crippen molar-refractivity contribution in [1.29, 1.82) is 0 Å². The minimum atomic E-state index is -1.09. The predicted molar refractivity (Wildman–Crippen MR) is 126 cm³/mol. The van der Waals surface area contributed by atoms with Gasteiger partial charge in [-0.25, -0.2) is 9.78 Å². The van der Waals surface area contributed by atoms with Gasteiger partial charge in [-0.05, 0) is 36.8 Å². The quantitative estimate of drug-likeness (QED) is 0.393. The van der Waals surface area contributed by atoms with E-state index in [0.29, 0.717) is 30.5 Å². The van der Waals surface area contributed by atoms with Crippen molar-refractivity contribution in [3.63, 3.8) is 0 Å². The van der Waals surface area contributed by atoms with Crippen LogP contribution in [-0.4, -0.2) is 46.4 Å². The third kappa shape index (κ3) is 4.67. The maximum atomic E-state index is 11.8. The van der Waals surface area contributed by atoms with Crippen LogP contribution in [0, 0.1) is 0 Å². The second-order valence-electron chi connectivity index (χ2n) is 7.36. The molecule has 9 heteroatoms. The largest absolute Gasteiger partial charge is 0.497 e. The van der Waals surface area contributed by atoms with Crippen molar-refractivity contribution in [3.8, 4) is 11.5 Å². The molecule has 0 aliphatic rings. The minimum Gasteiger partial charge on any atom is -0.497 e. The number of methoxy groups -OCH3 is 1. The van der Waals surface area contributed by atoms with Gasteiger partial charge < -0.3 is 24.8 Å². The lowest BCUT2D eigenvalue weighted by Gasteiger charge is -2.21. The van der Waals surface area contributed by atoms with E-state index in [4.69, 9.17) is 9.47 Å². The van der Waals surface area contributed by atoms with E-state index in [-0.39, 0.29) is 11.2 Å². The van der Waals surface area contributed by atoms with Gasteiger partial charge in [0.15, 0.2) is 5.65 Å². The molecule has 0 unspecified atom stereocenters. The summed E-state index contributed by atoms with van der Waals surface area (Å²) in [5.74, 6) is 1.54. The topological polar surface area (TPSA) is 101 Å². The number of rotatable bonds is 9. The Labute approximate surface area is 191 Å². The number of nitrogens with one attached hydrogen (secondary N) is 1. The zero-order valence-corrected chi connectivity index (χ0v) is 18.6. The number of ether oxygens (including phenoxy) is 2. The summed E-state index contributed by atoms with van der Waals surface area (Å²) in [5, 5.41) is 17.2. The molecule has 0 amide bonds. The lowest BCUT2D eigenvalue weighted by atomic mass is 10.2. The molecule has 0 radical (unpaired) electrons. The molecule has 33 heavy (non-hydrogen) atoms. The van der Waals surface area contributed by atoms with Crippen LogP contribution in [0.4, 0.5) is 17.3 Å². The Morgan fingerprint density at radius 1 is 1.18 bits per heavy atom. The smallest absolute Gasteiger partial charge is 0.341 e. The van der Waals surface area contributed by atoms with Crippen LogP contribution in [0.1, 0.15) is 22.8 Å². The standard InChI is InChI=1S/C24H25N5O4/c1-4-33-20-8-6-5-7-19(20)26-21-13-22(29-23(27-21)18(14-25-29)24(30)31)28(2)15-16-9-11-17(32-3)12-10-16/h5-14H,4,15H2,1-3H3,(H,26,27)(H,30,31). The van der Waals surface area contributed by atoms with Crippen LogP contribution >= 0.6 is 0 Å². The molecule has 0 fully saturated rings. The van der Waals surface area contributed by atoms with Gasteiger partial charge in [0.05, 0.1) is 25.6 Å². The van der Waals surface area contributed by atoms with Crippen LogP contribution in [0.3, 0.4) is 0 Å². The molecule has 170 valence electrons. The Morgan fingerprint density at radius 3 is 2.64 bits per heavy atom. The van der Waals surface area contributed by atoms with E-state index >= 15 is 0 Å². The first kappa shape index (κ1) is 21.9. The van der Waals surface area contributed by atoms with Gasteiger partial charge >= 0.3 is 5.97 Å². The highest BCUT2D eigenvalue weighted by Gasteiger charge is 2.19. The van der Waals surface area contributed by atoms with Crippen molar-refractivity contribution in [2.24, 2.45) is 0 Å². The van der Waals surface area contributed by atoms with Crippen molar-refractivity contribution < 1.29 is 19.4 Å². The summed E-state index contributed by atoms with van der Waals surface area (Å²) < 4.78 is 12.5. The number of anilines is 3. The summed E-state index contributed by atoms with van der Waals surface area (Å²) >= 11 is 0. The molecule has 0 bridgehead atoms. The molecule has 0 atom stereocenters. The molecule has 2 heterocycles. The third-order valence-electron chi connectivity index (χ3n) is 5.10. The summed E-state index contributed by atoms with van der Waals surface area (Å²) in [4.78, 5) is 18.3. The maximum Gasteiger partial charge on any atom is 0.341 e. The zero-order valence-electron chi connectivity index (χ0n) is 18.6. The predicted octanol–water partition coefficient (Wildman–Crippen LogP) is 4.21. The molecule has 0 saturated carbocycles. The first-order chi connectivity index (χ1) is 16.0. The lowest BCUT2D eigenvalue weighted by Crippen LogP contribution is -2.20. The number of hydrogen-bond acceptors (Lipinski definition) is 7. The number of nitrogens with zero attached hydrogens (tertiary/aromatic N) is 4. The number of carboxylic acid groups (broad SMARTS) is 1. The summed E-state index contributed by atoms with van der Waals surface area (Å²) in [6, 6.07) is 17.1. The van der Waals surface area contributed by atoms with E-state index in [1.54, 1.807) is 7.11 Å². The molecule has 0 saturated heterocycles. The second-order valence-corrected chi connectivity index (χ2v) is 7.36. The highest BCUT2D eigenvalue weighted by Crippen LogP contribution is 2.30. The molecule has 4 aromatic rings. The van der Waals surface area contributed by atoms with Crippen LogP contribution in [-0.2, 0) is 6.54 Å². The van der Waals surface area contributed by atoms with E-state index in [1.807, 2.05) is 73.5 Å². The Bertz CT molecular complexity index is 1270. The van der Waals surface area contributed by atoms with Gasteiger partial charge in [-0.2, -0.15) is 9.61 Å². The third-order valence-corrected chi connectivity index (χ3v) is 5.10. The van der Waals surface area contributed by atoms with E-state index in [0.717, 1.165) is 17.0 Å². The fraction of sp³-hybridized carbons (Fsp3) is 0.208. The number of fused-ring (bicyclic) bond motifs is 1. The molecule has 0 aliphatic heterocycles. The van der Waals surface area contributed by atoms with Crippen molar-refractivity contribution in [2.75, 3.05) is 31.0 Å². The van der Waals surface area contributed by atoms with Gasteiger partial charge in [0.2, 0.25) is 0 Å². The van der Waals surface area contributed by atoms with Crippen molar-refractivity contribution >= 4 is 28.9 Å². The number of hydrogen-bond donors (Lipinski definition) is 2. The highest BCUT2D eigenvalue weighted by atomic mass is 16.5. The second kappa shape index (κ2) is 9.47. The Hall–Kier alpha value is -4.27. The first-order valence-corrected chi connectivity index (χ1v) is 10.4. The Kier molecular flexibility index (Phi) is 6.30. The maximum absolute atomic E-state index is 11.8. The van der Waals surface area contributed by atoms with Gasteiger partial charge in [-0.3, -0.25) is 0 Å². The monoisotopic (exact) mass is 447 g/mol. The zero-order chi connectivity index (χ0) is 23.4. The average Bonchev–Trinajstić information content (AvgIpc) is 3.25. The summed E-state index contributed by atoms with van der Waals surface area (Å²) in [6.07, 6.45) is 1.31. The van der Waals surface area contributed by atoms with Crippen LogP contribution in [0.5, 0.6) is 11.5 Å². The van der Waals surface area contributed by atoms with Crippen LogP contribution in [0.15, 0.2) is 60.8 Å². The van der Waals surface area contributed by atoms with Gasteiger partial charge in [-0.1, -0.05) is 24.3 Å². The molecule has 2 aromatic carbocycles. The molecule has 0 spiro atoms. The van der Waals surface area contributed by atoms with Gasteiger partial charge in [-0.15, -0.1) is 0 Å². The number of para-hydroxylation sites is 2. The Balaban J connectivity index is 1.74. The number of aromatic nitrogens is 3. The Morgan fingerprint density at radius 2 is 1.94 bits per heavy atom. The fourth-order valence-electron chi connectivity index (χ4n) is 3.51. The molecule has 4 rings (SSSR count). The van der Waals surface area contributed by atoms with E-state index in [2.05, 4.69) is 15.4 Å².